The quantitative estimate of drug-likeness (QED) is 0.876. The lowest BCUT2D eigenvalue weighted by atomic mass is 10.1. The third kappa shape index (κ3) is 2.60. The molecule has 20 heavy (non-hydrogen) atoms. The fraction of sp³-hybridized carbons (Fsp3) is 0.143. The summed E-state index contributed by atoms with van der Waals surface area (Å²) in [6.45, 7) is 0.600. The summed E-state index contributed by atoms with van der Waals surface area (Å²) in [5, 5.41) is 2.85. The molecule has 1 amide bonds. The standard InChI is InChI=1S/C14H11BrN2O3/c15-12-6-9(4-5-16-12)14(18)17-7-10-2-1-3-11-13(10)20-8-19-11/h1-6H,7-8H2,(H,17,18). The summed E-state index contributed by atoms with van der Waals surface area (Å²) >= 11 is 3.24. The summed E-state index contributed by atoms with van der Waals surface area (Å²) in [7, 11) is 0. The molecule has 0 atom stereocenters. The number of ether oxygens (including phenoxy) is 2. The predicted molar refractivity (Wildman–Crippen MR) is 75.7 cm³/mol. The SMILES string of the molecule is O=C(NCc1cccc2c1OCO2)c1ccnc(Br)c1. The highest BCUT2D eigenvalue weighted by Gasteiger charge is 2.17. The highest BCUT2D eigenvalue weighted by molar-refractivity contribution is 9.10. The number of halogens is 1. The van der Waals surface area contributed by atoms with Crippen LogP contribution in [-0.2, 0) is 6.54 Å². The summed E-state index contributed by atoms with van der Waals surface area (Å²) in [4.78, 5) is 16.0. The molecule has 2 heterocycles. The minimum absolute atomic E-state index is 0.162. The van der Waals surface area contributed by atoms with Gasteiger partial charge in [0.25, 0.3) is 5.91 Å². The van der Waals surface area contributed by atoms with Gasteiger partial charge in [-0.25, -0.2) is 4.98 Å². The van der Waals surface area contributed by atoms with Crippen molar-refractivity contribution in [2.24, 2.45) is 0 Å². The maximum Gasteiger partial charge on any atom is 0.251 e. The molecular formula is C14H11BrN2O3. The average molecular weight is 335 g/mol. The molecule has 0 fully saturated rings. The van der Waals surface area contributed by atoms with Crippen LogP contribution in [0.15, 0.2) is 41.1 Å². The highest BCUT2D eigenvalue weighted by Crippen LogP contribution is 2.35. The first kappa shape index (κ1) is 12.9. The second-order valence-corrected chi connectivity index (χ2v) is 5.01. The van der Waals surface area contributed by atoms with Gasteiger partial charge in [0, 0.05) is 23.9 Å². The Kier molecular flexibility index (Phi) is 3.56. The van der Waals surface area contributed by atoms with Gasteiger partial charge in [0.1, 0.15) is 4.60 Å². The Morgan fingerprint density at radius 3 is 3.10 bits per heavy atom. The maximum atomic E-state index is 12.0. The Hall–Kier alpha value is -2.08. The van der Waals surface area contributed by atoms with E-state index in [2.05, 4.69) is 26.2 Å². The zero-order valence-electron chi connectivity index (χ0n) is 10.4. The molecule has 1 aliphatic rings. The minimum Gasteiger partial charge on any atom is -0.454 e. The number of fused-ring (bicyclic) bond motifs is 1. The molecule has 1 aromatic heterocycles. The van der Waals surface area contributed by atoms with Crippen molar-refractivity contribution >= 4 is 21.8 Å². The van der Waals surface area contributed by atoms with Crippen molar-refractivity contribution in [3.63, 3.8) is 0 Å². The third-order valence-electron chi connectivity index (χ3n) is 2.91. The van der Waals surface area contributed by atoms with E-state index in [1.807, 2.05) is 18.2 Å². The van der Waals surface area contributed by atoms with E-state index >= 15 is 0 Å². The van der Waals surface area contributed by atoms with E-state index in [0.717, 1.165) is 5.56 Å². The number of carbonyl (C=O) groups is 1. The number of benzene rings is 1. The molecule has 0 bridgehead atoms. The lowest BCUT2D eigenvalue weighted by Crippen LogP contribution is -2.23. The molecule has 6 heteroatoms. The fourth-order valence-electron chi connectivity index (χ4n) is 1.95. The Bertz CT molecular complexity index is 661. The zero-order valence-corrected chi connectivity index (χ0v) is 12.0. The van der Waals surface area contributed by atoms with Crippen molar-refractivity contribution in [1.29, 1.82) is 0 Å². The van der Waals surface area contributed by atoms with Gasteiger partial charge in [0.15, 0.2) is 11.5 Å². The van der Waals surface area contributed by atoms with Gasteiger partial charge >= 0.3 is 0 Å². The third-order valence-corrected chi connectivity index (χ3v) is 3.34. The monoisotopic (exact) mass is 334 g/mol. The summed E-state index contributed by atoms with van der Waals surface area (Å²) in [5.74, 6) is 1.25. The van der Waals surface area contributed by atoms with Crippen LogP contribution in [-0.4, -0.2) is 17.7 Å². The molecule has 3 rings (SSSR count). The Labute approximate surface area is 124 Å². The molecule has 0 saturated heterocycles. The second-order valence-electron chi connectivity index (χ2n) is 4.20. The smallest absolute Gasteiger partial charge is 0.251 e. The summed E-state index contributed by atoms with van der Waals surface area (Å²) in [5.41, 5.74) is 1.44. The van der Waals surface area contributed by atoms with Gasteiger partial charge < -0.3 is 14.8 Å². The van der Waals surface area contributed by atoms with Crippen LogP contribution in [0, 0.1) is 0 Å². The normalized spacial score (nSPS) is 12.2. The maximum absolute atomic E-state index is 12.0. The van der Waals surface area contributed by atoms with E-state index in [1.54, 1.807) is 18.3 Å². The molecule has 0 spiro atoms. The lowest BCUT2D eigenvalue weighted by molar-refractivity contribution is 0.0950. The van der Waals surface area contributed by atoms with Crippen LogP contribution >= 0.6 is 15.9 Å². The number of pyridine rings is 1. The first-order chi connectivity index (χ1) is 9.74. The number of rotatable bonds is 3. The van der Waals surface area contributed by atoms with E-state index in [1.165, 1.54) is 0 Å². The molecule has 0 aliphatic carbocycles. The number of nitrogens with one attached hydrogen (secondary N) is 1. The number of hydrogen-bond acceptors (Lipinski definition) is 4. The van der Waals surface area contributed by atoms with Crippen LogP contribution in [0.1, 0.15) is 15.9 Å². The van der Waals surface area contributed by atoms with Crippen molar-refractivity contribution in [2.75, 3.05) is 6.79 Å². The van der Waals surface area contributed by atoms with Crippen LogP contribution in [0.25, 0.3) is 0 Å². The molecule has 2 aromatic rings. The van der Waals surface area contributed by atoms with Crippen molar-refractivity contribution in [3.05, 3.63) is 52.3 Å². The van der Waals surface area contributed by atoms with E-state index in [4.69, 9.17) is 9.47 Å². The van der Waals surface area contributed by atoms with E-state index in [0.29, 0.717) is 28.2 Å². The Balaban J connectivity index is 1.71. The molecular weight excluding hydrogens is 324 g/mol. The van der Waals surface area contributed by atoms with Crippen LogP contribution in [0.2, 0.25) is 0 Å². The summed E-state index contributed by atoms with van der Waals surface area (Å²) in [6, 6.07) is 8.95. The number of amides is 1. The average Bonchev–Trinajstić information content (AvgIpc) is 2.93. The number of hydrogen-bond donors (Lipinski definition) is 1. The molecule has 102 valence electrons. The van der Waals surface area contributed by atoms with Gasteiger partial charge in [-0.05, 0) is 34.1 Å². The number of para-hydroxylation sites is 1. The van der Waals surface area contributed by atoms with Gasteiger partial charge in [-0.1, -0.05) is 12.1 Å². The van der Waals surface area contributed by atoms with Crippen molar-refractivity contribution in [3.8, 4) is 11.5 Å². The summed E-state index contributed by atoms with van der Waals surface area (Å²) in [6.07, 6.45) is 1.58. The molecule has 0 radical (unpaired) electrons. The Morgan fingerprint density at radius 1 is 1.35 bits per heavy atom. The molecule has 1 N–H and O–H groups in total. The highest BCUT2D eigenvalue weighted by atomic mass is 79.9. The first-order valence-corrected chi connectivity index (χ1v) is 6.80. The first-order valence-electron chi connectivity index (χ1n) is 6.01. The fourth-order valence-corrected chi connectivity index (χ4v) is 2.32. The van der Waals surface area contributed by atoms with Crippen LogP contribution in [0.3, 0.4) is 0 Å². The molecule has 1 aromatic carbocycles. The predicted octanol–water partition coefficient (Wildman–Crippen LogP) is 2.50. The molecule has 0 unspecified atom stereocenters. The van der Waals surface area contributed by atoms with Crippen LogP contribution in [0.5, 0.6) is 11.5 Å². The van der Waals surface area contributed by atoms with Gasteiger partial charge in [0.2, 0.25) is 6.79 Å². The van der Waals surface area contributed by atoms with Crippen molar-refractivity contribution in [1.82, 2.24) is 10.3 Å². The van der Waals surface area contributed by atoms with Gasteiger partial charge in [-0.2, -0.15) is 0 Å². The van der Waals surface area contributed by atoms with E-state index in [-0.39, 0.29) is 12.7 Å². The molecule has 5 nitrogen and oxygen atoms in total. The molecule has 0 saturated carbocycles. The van der Waals surface area contributed by atoms with E-state index < -0.39 is 0 Å². The van der Waals surface area contributed by atoms with Crippen LogP contribution in [0.4, 0.5) is 0 Å². The summed E-state index contributed by atoms with van der Waals surface area (Å²) < 4.78 is 11.3. The van der Waals surface area contributed by atoms with Gasteiger partial charge in [-0.15, -0.1) is 0 Å². The second kappa shape index (κ2) is 5.50. The number of aromatic nitrogens is 1. The zero-order chi connectivity index (χ0) is 13.9. The topological polar surface area (TPSA) is 60.5 Å². The number of nitrogens with zero attached hydrogens (tertiary/aromatic N) is 1. The van der Waals surface area contributed by atoms with Gasteiger partial charge in [-0.3, -0.25) is 4.79 Å². The van der Waals surface area contributed by atoms with E-state index in [9.17, 15) is 4.79 Å². The Morgan fingerprint density at radius 2 is 2.25 bits per heavy atom. The minimum atomic E-state index is -0.162. The molecule has 1 aliphatic heterocycles. The lowest BCUT2D eigenvalue weighted by Gasteiger charge is -2.08. The number of carbonyl (C=O) groups excluding carboxylic acids is 1. The van der Waals surface area contributed by atoms with Crippen molar-refractivity contribution < 1.29 is 14.3 Å². The van der Waals surface area contributed by atoms with Crippen molar-refractivity contribution in [2.45, 2.75) is 6.54 Å². The van der Waals surface area contributed by atoms with Crippen LogP contribution < -0.4 is 14.8 Å². The van der Waals surface area contributed by atoms with Gasteiger partial charge in [0.05, 0.1) is 0 Å². The largest absolute Gasteiger partial charge is 0.454 e.